The molecule has 0 saturated heterocycles. The van der Waals surface area contributed by atoms with Gasteiger partial charge in [0.05, 0.1) is 67.5 Å². The quantitative estimate of drug-likeness (QED) is 0.128. The lowest BCUT2D eigenvalue weighted by Crippen LogP contribution is -3.00. The van der Waals surface area contributed by atoms with Gasteiger partial charge in [0.2, 0.25) is 0 Å². The molecule has 0 N–H and O–H groups in total. The average molecular weight is 721 g/mol. The Kier molecular flexibility index (Phi) is 11.4. The van der Waals surface area contributed by atoms with E-state index < -0.39 is 0 Å². The highest BCUT2D eigenvalue weighted by molar-refractivity contribution is 6.08. The van der Waals surface area contributed by atoms with Crippen molar-refractivity contribution < 1.29 is 42.9 Å². The number of benzene rings is 4. The third-order valence-electron chi connectivity index (χ3n) is 9.49. The molecule has 6 aromatic rings. The summed E-state index contributed by atoms with van der Waals surface area (Å²) in [7, 11) is 9.62. The van der Waals surface area contributed by atoms with E-state index in [4.69, 9.17) is 0 Å². The first kappa shape index (κ1) is 34.2. The maximum atomic E-state index is 2.53. The second kappa shape index (κ2) is 14.6. The predicted octanol–water partition coefficient (Wildman–Crippen LogP) is 2.32. The molecule has 6 heteroatoms. The van der Waals surface area contributed by atoms with Crippen molar-refractivity contribution in [2.24, 2.45) is 0 Å². The fraction of sp³-hybridized carbons (Fsp3) is 0.368. The minimum absolute atomic E-state index is 0. The van der Waals surface area contributed by atoms with Crippen LogP contribution >= 0.6 is 0 Å². The van der Waals surface area contributed by atoms with Crippen LogP contribution < -0.4 is 34.0 Å². The van der Waals surface area contributed by atoms with E-state index in [-0.39, 0.29) is 34.0 Å². The SMILES string of the molecule is C[N+](C)(CCCCCC[N+](C)(C)CCn1c2ccccc2c2ccccc21)CCn1c2ccccc2c2ccccc21.[Br-].[Br-]. The predicted molar refractivity (Wildman–Crippen MR) is 181 cm³/mol. The Labute approximate surface area is 284 Å². The van der Waals surface area contributed by atoms with Crippen molar-refractivity contribution >= 4 is 43.6 Å². The molecular weight excluding hydrogens is 672 g/mol. The zero-order chi connectivity index (χ0) is 29.2. The summed E-state index contributed by atoms with van der Waals surface area (Å²) in [6.07, 6.45) is 5.25. The molecule has 0 spiro atoms. The van der Waals surface area contributed by atoms with Crippen LogP contribution in [0.1, 0.15) is 25.7 Å². The Morgan fingerprint density at radius 2 is 0.659 bits per heavy atom. The van der Waals surface area contributed by atoms with E-state index in [0.29, 0.717) is 0 Å². The molecule has 4 aromatic carbocycles. The first-order chi connectivity index (χ1) is 20.3. The first-order valence-corrected chi connectivity index (χ1v) is 15.9. The van der Waals surface area contributed by atoms with Gasteiger partial charge in [-0.1, -0.05) is 72.8 Å². The topological polar surface area (TPSA) is 9.86 Å². The molecule has 0 bridgehead atoms. The van der Waals surface area contributed by atoms with Crippen LogP contribution in [-0.4, -0.2) is 72.5 Å². The molecule has 6 rings (SSSR count). The first-order valence-electron chi connectivity index (χ1n) is 15.9. The van der Waals surface area contributed by atoms with Crippen molar-refractivity contribution in [3.8, 4) is 0 Å². The number of hydrogen-bond acceptors (Lipinski definition) is 0. The Balaban J connectivity index is 0.00000221. The minimum atomic E-state index is 0. The van der Waals surface area contributed by atoms with E-state index >= 15 is 0 Å². The van der Waals surface area contributed by atoms with Gasteiger partial charge < -0.3 is 52.1 Å². The maximum Gasteiger partial charge on any atom is 0.0964 e. The summed E-state index contributed by atoms with van der Waals surface area (Å²) in [5, 5.41) is 5.48. The summed E-state index contributed by atoms with van der Waals surface area (Å²) < 4.78 is 7.20. The van der Waals surface area contributed by atoms with E-state index in [1.165, 1.54) is 82.4 Å². The maximum absolute atomic E-state index is 2.53. The highest BCUT2D eigenvalue weighted by Crippen LogP contribution is 2.30. The van der Waals surface area contributed by atoms with Crippen LogP contribution in [0.4, 0.5) is 0 Å². The molecular formula is C38H48Br2N4. The summed E-state index contributed by atoms with van der Waals surface area (Å²) >= 11 is 0. The molecule has 0 amide bonds. The number of halogens is 2. The van der Waals surface area contributed by atoms with Crippen molar-refractivity contribution in [2.75, 3.05) is 54.4 Å². The van der Waals surface area contributed by atoms with E-state index in [9.17, 15) is 0 Å². The lowest BCUT2D eigenvalue weighted by atomic mass is 10.1. The van der Waals surface area contributed by atoms with Crippen molar-refractivity contribution in [2.45, 2.75) is 38.8 Å². The number of aromatic nitrogens is 2. The van der Waals surface area contributed by atoms with Crippen molar-refractivity contribution in [3.63, 3.8) is 0 Å². The van der Waals surface area contributed by atoms with Gasteiger partial charge in [-0.2, -0.15) is 0 Å². The molecule has 2 aromatic heterocycles. The van der Waals surface area contributed by atoms with Gasteiger partial charge in [0.15, 0.2) is 0 Å². The zero-order valence-corrected chi connectivity index (χ0v) is 30.0. The van der Waals surface area contributed by atoms with Crippen LogP contribution in [0.5, 0.6) is 0 Å². The van der Waals surface area contributed by atoms with Gasteiger partial charge >= 0.3 is 0 Å². The van der Waals surface area contributed by atoms with Gasteiger partial charge in [-0.05, 0) is 49.9 Å². The summed E-state index contributed by atoms with van der Waals surface area (Å²) in [5.74, 6) is 0. The Hall–Kier alpha value is -2.64. The molecule has 0 atom stereocenters. The number of para-hydroxylation sites is 4. The van der Waals surface area contributed by atoms with Crippen LogP contribution in [0.15, 0.2) is 97.1 Å². The molecule has 44 heavy (non-hydrogen) atoms. The summed E-state index contributed by atoms with van der Waals surface area (Å²) in [6, 6.07) is 35.5. The van der Waals surface area contributed by atoms with E-state index in [1.807, 2.05) is 0 Å². The molecule has 0 aliphatic carbocycles. The van der Waals surface area contributed by atoms with Crippen LogP contribution in [0.2, 0.25) is 0 Å². The number of hydrogen-bond donors (Lipinski definition) is 0. The average Bonchev–Trinajstić information content (AvgIpc) is 3.49. The van der Waals surface area contributed by atoms with E-state index in [2.05, 4.69) is 134 Å². The van der Waals surface area contributed by atoms with Crippen molar-refractivity contribution in [1.29, 1.82) is 0 Å². The number of rotatable bonds is 13. The molecule has 0 aliphatic rings. The van der Waals surface area contributed by atoms with Crippen LogP contribution in [0.25, 0.3) is 43.6 Å². The summed E-state index contributed by atoms with van der Waals surface area (Å²) in [4.78, 5) is 0. The standard InChI is InChI=1S/C38H48N4.2BrH/c1-41(2,29-25-39-35-21-11-7-17-31(35)32-18-8-12-22-36(32)39)27-15-5-6-16-28-42(3,4)30-26-40-37-23-13-9-19-33(37)34-20-10-14-24-38(34)40;;/h7-14,17-24H,5-6,15-16,25-30H2,1-4H3;2*1H/q+2;;/p-2. The van der Waals surface area contributed by atoms with Gasteiger partial charge in [-0.15, -0.1) is 0 Å². The van der Waals surface area contributed by atoms with Gasteiger partial charge in [-0.3, -0.25) is 0 Å². The van der Waals surface area contributed by atoms with Gasteiger partial charge in [0, 0.05) is 43.6 Å². The summed E-state index contributed by atoms with van der Waals surface area (Å²) in [5.41, 5.74) is 5.44. The lowest BCUT2D eigenvalue weighted by molar-refractivity contribution is -0.891. The second-order valence-corrected chi connectivity index (χ2v) is 13.6. The van der Waals surface area contributed by atoms with Crippen LogP contribution in [-0.2, 0) is 13.1 Å². The van der Waals surface area contributed by atoms with Crippen molar-refractivity contribution in [3.05, 3.63) is 97.1 Å². The molecule has 0 radical (unpaired) electrons. The Bertz CT molecular complexity index is 1570. The normalized spacial score (nSPS) is 12.2. The van der Waals surface area contributed by atoms with E-state index in [1.54, 1.807) is 0 Å². The third kappa shape index (κ3) is 7.42. The number of likely N-dealkylation sites (N-methyl/N-ethyl adjacent to an activating group) is 2. The smallest absolute Gasteiger partial charge is 0.0964 e. The Morgan fingerprint density at radius 3 is 0.955 bits per heavy atom. The molecule has 4 nitrogen and oxygen atoms in total. The highest BCUT2D eigenvalue weighted by atomic mass is 79.9. The van der Waals surface area contributed by atoms with Crippen LogP contribution in [0, 0.1) is 0 Å². The molecule has 0 fully saturated rings. The largest absolute Gasteiger partial charge is 1.00 e. The fourth-order valence-electron chi connectivity index (χ4n) is 6.89. The number of nitrogens with zero attached hydrogens (tertiary/aromatic N) is 4. The monoisotopic (exact) mass is 718 g/mol. The lowest BCUT2D eigenvalue weighted by Gasteiger charge is -2.31. The fourth-order valence-corrected chi connectivity index (χ4v) is 6.89. The highest BCUT2D eigenvalue weighted by Gasteiger charge is 2.19. The molecule has 0 aliphatic heterocycles. The number of fused-ring (bicyclic) bond motifs is 6. The van der Waals surface area contributed by atoms with Gasteiger partial charge in [-0.25, -0.2) is 0 Å². The minimum Gasteiger partial charge on any atom is -1.00 e. The van der Waals surface area contributed by atoms with Crippen LogP contribution in [0.3, 0.4) is 0 Å². The molecule has 234 valence electrons. The van der Waals surface area contributed by atoms with Gasteiger partial charge in [0.1, 0.15) is 0 Å². The zero-order valence-electron chi connectivity index (χ0n) is 26.9. The number of quaternary nitrogens is 2. The molecule has 0 unspecified atom stereocenters. The number of unbranched alkanes of at least 4 members (excludes halogenated alkanes) is 3. The second-order valence-electron chi connectivity index (χ2n) is 13.6. The molecule has 0 saturated carbocycles. The van der Waals surface area contributed by atoms with Gasteiger partial charge in [0.25, 0.3) is 0 Å². The Morgan fingerprint density at radius 1 is 0.386 bits per heavy atom. The van der Waals surface area contributed by atoms with E-state index in [0.717, 1.165) is 35.1 Å². The van der Waals surface area contributed by atoms with Crippen molar-refractivity contribution in [1.82, 2.24) is 9.13 Å². The summed E-state index contributed by atoms with van der Waals surface area (Å²) in [6.45, 7) is 6.88. The molecule has 2 heterocycles. The third-order valence-corrected chi connectivity index (χ3v) is 9.49.